The van der Waals surface area contributed by atoms with Gasteiger partial charge in [0.2, 0.25) is 0 Å². The molecule has 124 valence electrons. The Kier molecular flexibility index (Phi) is 8.55. The van der Waals surface area contributed by atoms with E-state index in [2.05, 4.69) is 0 Å². The monoisotopic (exact) mass is 310 g/mol. The summed E-state index contributed by atoms with van der Waals surface area (Å²) in [6.07, 6.45) is 1.78. The first kappa shape index (κ1) is 18.5. The van der Waals surface area contributed by atoms with E-state index in [1.54, 1.807) is 0 Å². The minimum atomic E-state index is -0.908. The van der Waals surface area contributed by atoms with Crippen LogP contribution >= 0.6 is 0 Å². The van der Waals surface area contributed by atoms with Gasteiger partial charge in [-0.3, -0.25) is 0 Å². The molecule has 0 saturated carbocycles. The van der Waals surface area contributed by atoms with Gasteiger partial charge in [-0.15, -0.1) is 0 Å². The highest BCUT2D eigenvalue weighted by Gasteiger charge is 2.18. The molecule has 0 aliphatic heterocycles. The number of carboxylic acids is 1. The lowest BCUT2D eigenvalue weighted by Gasteiger charge is -2.16. The van der Waals surface area contributed by atoms with Crippen LogP contribution in [0.15, 0.2) is 24.3 Å². The molecule has 0 amide bonds. The fourth-order valence-electron chi connectivity index (χ4n) is 2.12. The largest absolute Gasteiger partial charge is 0.493 e. The van der Waals surface area contributed by atoms with Gasteiger partial charge >= 0.3 is 5.97 Å². The standard InChI is InChI=1S/C17H26O5/c1-13(2)22-16(17(19)20)9-4-7-14-6-3-8-15(12-14)21-11-5-10-18/h3,6,8,12-13,16,18H,4-5,7,9-11H2,1-2H3,(H,19,20). The minimum Gasteiger partial charge on any atom is -0.493 e. The Labute approximate surface area is 131 Å². The van der Waals surface area contributed by atoms with E-state index in [1.165, 1.54) is 0 Å². The lowest BCUT2D eigenvalue weighted by molar-refractivity contribution is -0.153. The highest BCUT2D eigenvalue weighted by atomic mass is 16.5. The van der Waals surface area contributed by atoms with Crippen LogP contribution in [0.2, 0.25) is 0 Å². The van der Waals surface area contributed by atoms with Crippen molar-refractivity contribution < 1.29 is 24.5 Å². The lowest BCUT2D eigenvalue weighted by atomic mass is 10.1. The quantitative estimate of drug-likeness (QED) is 0.615. The Bertz CT molecular complexity index is 444. The maximum Gasteiger partial charge on any atom is 0.332 e. The molecule has 0 heterocycles. The molecule has 0 aliphatic rings. The normalized spacial score (nSPS) is 12.4. The van der Waals surface area contributed by atoms with E-state index in [0.29, 0.717) is 19.4 Å². The Morgan fingerprint density at radius 1 is 1.27 bits per heavy atom. The van der Waals surface area contributed by atoms with Gasteiger partial charge in [-0.2, -0.15) is 0 Å². The van der Waals surface area contributed by atoms with E-state index >= 15 is 0 Å². The van der Waals surface area contributed by atoms with Crippen LogP contribution in [0, 0.1) is 0 Å². The van der Waals surface area contributed by atoms with Crippen LogP contribution in [-0.2, 0) is 16.0 Å². The number of hydrogen-bond donors (Lipinski definition) is 2. The summed E-state index contributed by atoms with van der Waals surface area (Å²) in [5.41, 5.74) is 1.11. The zero-order valence-electron chi connectivity index (χ0n) is 13.3. The summed E-state index contributed by atoms with van der Waals surface area (Å²) in [6, 6.07) is 7.75. The number of carboxylic acid groups (broad SMARTS) is 1. The third kappa shape index (κ3) is 7.43. The van der Waals surface area contributed by atoms with Crippen molar-refractivity contribution in [3.8, 4) is 5.75 Å². The van der Waals surface area contributed by atoms with E-state index in [-0.39, 0.29) is 12.7 Å². The van der Waals surface area contributed by atoms with Crippen LogP contribution in [0.4, 0.5) is 0 Å². The molecule has 0 saturated heterocycles. The number of ether oxygens (including phenoxy) is 2. The SMILES string of the molecule is CC(C)OC(CCCc1cccc(OCCCO)c1)C(=O)O. The molecule has 0 fully saturated rings. The van der Waals surface area contributed by atoms with Crippen molar-refractivity contribution >= 4 is 5.97 Å². The summed E-state index contributed by atoms with van der Waals surface area (Å²) in [7, 11) is 0. The predicted octanol–water partition coefficient (Wildman–Crippen LogP) is 2.65. The van der Waals surface area contributed by atoms with Gasteiger partial charge in [-0.1, -0.05) is 12.1 Å². The summed E-state index contributed by atoms with van der Waals surface area (Å²) < 4.78 is 10.9. The number of aryl methyl sites for hydroxylation is 1. The van der Waals surface area contributed by atoms with Crippen molar-refractivity contribution in [3.63, 3.8) is 0 Å². The molecule has 0 bridgehead atoms. The van der Waals surface area contributed by atoms with Gasteiger partial charge in [0.05, 0.1) is 12.7 Å². The molecule has 1 atom stereocenters. The third-order valence-electron chi connectivity index (χ3n) is 3.11. The van der Waals surface area contributed by atoms with Crippen LogP contribution in [-0.4, -0.2) is 41.6 Å². The van der Waals surface area contributed by atoms with Crippen LogP contribution < -0.4 is 4.74 Å². The first-order chi connectivity index (χ1) is 10.5. The summed E-state index contributed by atoms with van der Waals surface area (Å²) in [5.74, 6) is -0.131. The van der Waals surface area contributed by atoms with Crippen molar-refractivity contribution in [1.82, 2.24) is 0 Å². The van der Waals surface area contributed by atoms with Gasteiger partial charge in [-0.05, 0) is 50.8 Å². The van der Waals surface area contributed by atoms with Gasteiger partial charge in [0.1, 0.15) is 5.75 Å². The second-order valence-electron chi connectivity index (χ2n) is 5.48. The molecular weight excluding hydrogens is 284 g/mol. The second-order valence-corrected chi connectivity index (χ2v) is 5.48. The molecule has 0 radical (unpaired) electrons. The highest BCUT2D eigenvalue weighted by molar-refractivity contribution is 5.72. The molecule has 1 unspecified atom stereocenters. The fraction of sp³-hybridized carbons (Fsp3) is 0.588. The van der Waals surface area contributed by atoms with Crippen molar-refractivity contribution in [1.29, 1.82) is 0 Å². The first-order valence-corrected chi connectivity index (χ1v) is 7.73. The number of aliphatic hydroxyl groups excluding tert-OH is 1. The number of benzene rings is 1. The summed E-state index contributed by atoms with van der Waals surface area (Å²) >= 11 is 0. The number of carbonyl (C=O) groups is 1. The Morgan fingerprint density at radius 3 is 2.68 bits per heavy atom. The Morgan fingerprint density at radius 2 is 2.05 bits per heavy atom. The number of rotatable bonds is 11. The van der Waals surface area contributed by atoms with Crippen LogP contribution in [0.5, 0.6) is 5.75 Å². The molecule has 22 heavy (non-hydrogen) atoms. The smallest absolute Gasteiger partial charge is 0.332 e. The number of aliphatic carboxylic acids is 1. The maximum atomic E-state index is 11.1. The molecule has 0 aliphatic carbocycles. The van der Waals surface area contributed by atoms with Crippen LogP contribution in [0.25, 0.3) is 0 Å². The van der Waals surface area contributed by atoms with Gasteiger partial charge in [0, 0.05) is 13.0 Å². The molecular formula is C17H26O5. The summed E-state index contributed by atoms with van der Waals surface area (Å²) in [4.78, 5) is 11.1. The van der Waals surface area contributed by atoms with E-state index in [9.17, 15) is 4.79 Å². The fourth-order valence-corrected chi connectivity index (χ4v) is 2.12. The van der Waals surface area contributed by atoms with E-state index < -0.39 is 12.1 Å². The van der Waals surface area contributed by atoms with Crippen molar-refractivity contribution in [2.75, 3.05) is 13.2 Å². The molecule has 2 N–H and O–H groups in total. The van der Waals surface area contributed by atoms with Gasteiger partial charge in [-0.25, -0.2) is 4.79 Å². The molecule has 5 heteroatoms. The molecule has 0 aromatic heterocycles. The average molecular weight is 310 g/mol. The van der Waals surface area contributed by atoms with Crippen molar-refractivity contribution in [2.45, 2.75) is 51.7 Å². The van der Waals surface area contributed by atoms with E-state index in [0.717, 1.165) is 24.2 Å². The molecule has 0 spiro atoms. The topological polar surface area (TPSA) is 76.0 Å². The van der Waals surface area contributed by atoms with Gasteiger partial charge < -0.3 is 19.7 Å². The minimum absolute atomic E-state index is 0.0932. The lowest BCUT2D eigenvalue weighted by Crippen LogP contribution is -2.27. The molecule has 1 aromatic carbocycles. The average Bonchev–Trinajstić information content (AvgIpc) is 2.46. The maximum absolute atomic E-state index is 11.1. The summed E-state index contributed by atoms with van der Waals surface area (Å²) in [5, 5.41) is 17.9. The van der Waals surface area contributed by atoms with Crippen LogP contribution in [0.1, 0.15) is 38.7 Å². The van der Waals surface area contributed by atoms with Crippen LogP contribution in [0.3, 0.4) is 0 Å². The number of aliphatic hydroxyl groups is 1. The van der Waals surface area contributed by atoms with E-state index in [4.69, 9.17) is 19.7 Å². The van der Waals surface area contributed by atoms with Gasteiger partial charge in [0.15, 0.2) is 6.10 Å². The Hall–Kier alpha value is -1.59. The van der Waals surface area contributed by atoms with Crippen molar-refractivity contribution in [3.05, 3.63) is 29.8 Å². The van der Waals surface area contributed by atoms with Crippen molar-refractivity contribution in [2.24, 2.45) is 0 Å². The molecule has 5 nitrogen and oxygen atoms in total. The highest BCUT2D eigenvalue weighted by Crippen LogP contribution is 2.16. The van der Waals surface area contributed by atoms with Gasteiger partial charge in [0.25, 0.3) is 0 Å². The second kappa shape index (κ2) is 10.2. The predicted molar refractivity (Wildman–Crippen MR) is 84.2 cm³/mol. The number of hydrogen-bond acceptors (Lipinski definition) is 4. The molecule has 1 rings (SSSR count). The van der Waals surface area contributed by atoms with E-state index in [1.807, 2.05) is 38.1 Å². The third-order valence-corrected chi connectivity index (χ3v) is 3.11. The Balaban J connectivity index is 2.43. The summed E-state index contributed by atoms with van der Waals surface area (Å²) in [6.45, 7) is 4.28. The molecule has 1 aromatic rings. The zero-order valence-corrected chi connectivity index (χ0v) is 13.3. The zero-order chi connectivity index (χ0) is 16.4. The first-order valence-electron chi connectivity index (χ1n) is 7.73.